The summed E-state index contributed by atoms with van der Waals surface area (Å²) < 4.78 is 39.0. The zero-order valence-electron chi connectivity index (χ0n) is 16.3. The first-order valence-electron chi connectivity index (χ1n) is 8.98. The van der Waals surface area contributed by atoms with Crippen LogP contribution in [0, 0.1) is 11.8 Å². The summed E-state index contributed by atoms with van der Waals surface area (Å²) in [5, 5.41) is 2.95. The second-order valence-electron chi connectivity index (χ2n) is 7.47. The number of rotatable bonds is 7. The predicted molar refractivity (Wildman–Crippen MR) is 108 cm³/mol. The van der Waals surface area contributed by atoms with E-state index in [1.165, 1.54) is 12.4 Å². The lowest BCUT2D eigenvalue weighted by Gasteiger charge is -2.28. The summed E-state index contributed by atoms with van der Waals surface area (Å²) in [5.74, 6) is 1.51. The summed E-state index contributed by atoms with van der Waals surface area (Å²) >= 11 is 6.06. The van der Waals surface area contributed by atoms with Crippen LogP contribution in [0.2, 0.25) is 5.02 Å². The van der Waals surface area contributed by atoms with Gasteiger partial charge in [-0.3, -0.25) is 0 Å². The minimum atomic E-state index is -4.48. The third-order valence-electron chi connectivity index (χ3n) is 3.88. The molecule has 0 spiro atoms. The average molecular weight is 416 g/mol. The number of alkyl halides is 3. The Bertz CT molecular complexity index is 799. The van der Waals surface area contributed by atoms with Gasteiger partial charge in [-0.1, -0.05) is 39.3 Å². The molecule has 2 aromatic rings. The summed E-state index contributed by atoms with van der Waals surface area (Å²) in [7, 11) is 0. The second-order valence-corrected chi connectivity index (χ2v) is 7.88. The van der Waals surface area contributed by atoms with Crippen LogP contribution in [-0.2, 0) is 6.18 Å². The normalized spacial score (nSPS) is 11.9. The molecule has 5 nitrogen and oxygen atoms in total. The minimum Gasteiger partial charge on any atom is -0.393 e. The van der Waals surface area contributed by atoms with Gasteiger partial charge in [-0.25, -0.2) is 9.97 Å². The number of nitrogens with zero attached hydrogens (tertiary/aromatic N) is 3. The Kier molecular flexibility index (Phi) is 6.98. The quantitative estimate of drug-likeness (QED) is 0.616. The Hall–Kier alpha value is -2.22. The van der Waals surface area contributed by atoms with Gasteiger partial charge in [0.15, 0.2) is 11.6 Å². The monoisotopic (exact) mass is 415 g/mol. The highest BCUT2D eigenvalue weighted by molar-refractivity contribution is 6.33. The van der Waals surface area contributed by atoms with Crippen molar-refractivity contribution in [3.63, 3.8) is 0 Å². The lowest BCUT2D eigenvalue weighted by atomic mass is 10.1. The van der Waals surface area contributed by atoms with Crippen molar-refractivity contribution in [1.82, 2.24) is 9.97 Å². The zero-order valence-corrected chi connectivity index (χ0v) is 17.1. The van der Waals surface area contributed by atoms with E-state index in [1.807, 2.05) is 0 Å². The van der Waals surface area contributed by atoms with E-state index in [9.17, 15) is 13.2 Å². The topological polar surface area (TPSA) is 67.1 Å². The fourth-order valence-electron chi connectivity index (χ4n) is 2.79. The molecule has 1 aromatic carbocycles. The first-order chi connectivity index (χ1) is 13.0. The van der Waals surface area contributed by atoms with Crippen LogP contribution in [0.3, 0.4) is 0 Å². The van der Waals surface area contributed by atoms with Crippen molar-refractivity contribution < 1.29 is 13.2 Å². The number of nitrogens with two attached hydrogens (primary N) is 1. The molecule has 0 aliphatic carbocycles. The molecule has 154 valence electrons. The molecule has 0 saturated carbocycles. The number of anilines is 4. The average Bonchev–Trinajstić information content (AvgIpc) is 2.56. The first-order valence-corrected chi connectivity index (χ1v) is 9.36. The summed E-state index contributed by atoms with van der Waals surface area (Å²) in [6, 6.07) is 3.05. The molecule has 0 saturated heterocycles. The van der Waals surface area contributed by atoms with E-state index in [4.69, 9.17) is 17.3 Å². The van der Waals surface area contributed by atoms with Crippen molar-refractivity contribution in [3.8, 4) is 0 Å². The molecule has 0 bridgehead atoms. The van der Waals surface area contributed by atoms with Crippen LogP contribution in [0.5, 0.6) is 0 Å². The van der Waals surface area contributed by atoms with Crippen LogP contribution in [0.4, 0.5) is 36.2 Å². The van der Waals surface area contributed by atoms with Gasteiger partial charge >= 0.3 is 6.18 Å². The van der Waals surface area contributed by atoms with E-state index < -0.39 is 11.7 Å². The molecule has 3 N–H and O–H groups in total. The molecule has 1 aromatic heterocycles. The molecule has 0 aliphatic heterocycles. The summed E-state index contributed by atoms with van der Waals surface area (Å²) in [6.07, 6.45) is -3.14. The number of aromatic nitrogens is 2. The van der Waals surface area contributed by atoms with Gasteiger partial charge in [0, 0.05) is 13.1 Å². The van der Waals surface area contributed by atoms with E-state index in [1.54, 1.807) is 0 Å². The van der Waals surface area contributed by atoms with Gasteiger partial charge in [-0.05, 0) is 30.0 Å². The molecule has 1 heterocycles. The number of halogens is 4. The molecule has 0 radical (unpaired) electrons. The predicted octanol–water partition coefficient (Wildman–Crippen LogP) is 5.59. The number of hydrogen-bond acceptors (Lipinski definition) is 5. The van der Waals surface area contributed by atoms with Gasteiger partial charge in [0.1, 0.15) is 12.0 Å². The maximum atomic E-state index is 13.0. The molecule has 0 fully saturated rings. The van der Waals surface area contributed by atoms with Crippen LogP contribution < -0.4 is 16.0 Å². The van der Waals surface area contributed by atoms with E-state index in [-0.39, 0.29) is 22.2 Å². The van der Waals surface area contributed by atoms with Crippen LogP contribution in [0.1, 0.15) is 33.3 Å². The highest BCUT2D eigenvalue weighted by Gasteiger charge is 2.31. The van der Waals surface area contributed by atoms with Crippen LogP contribution >= 0.6 is 11.6 Å². The minimum absolute atomic E-state index is 0.0760. The fourth-order valence-corrected chi connectivity index (χ4v) is 2.96. The Balaban J connectivity index is 2.40. The van der Waals surface area contributed by atoms with Gasteiger partial charge < -0.3 is 16.0 Å². The molecule has 0 amide bonds. The van der Waals surface area contributed by atoms with Crippen LogP contribution in [0.25, 0.3) is 0 Å². The lowest BCUT2D eigenvalue weighted by Crippen LogP contribution is -2.32. The largest absolute Gasteiger partial charge is 0.416 e. The Labute approximate surface area is 168 Å². The van der Waals surface area contributed by atoms with Crippen LogP contribution in [0.15, 0.2) is 24.5 Å². The first kappa shape index (κ1) is 22.1. The van der Waals surface area contributed by atoms with E-state index in [0.717, 1.165) is 25.2 Å². The van der Waals surface area contributed by atoms with E-state index >= 15 is 0 Å². The molecule has 0 unspecified atom stereocenters. The standard InChI is InChI=1S/C19H25ClF3N5/c1-11(2)8-28(9-12(3)4)18-16(24)17(25-10-26-18)27-15-7-13(19(21,22)23)5-6-14(15)20/h5-7,10-12H,8-9,24H2,1-4H3,(H,25,26,27). The molecular weight excluding hydrogens is 391 g/mol. The number of hydrogen-bond donors (Lipinski definition) is 2. The third-order valence-corrected chi connectivity index (χ3v) is 4.21. The van der Waals surface area contributed by atoms with E-state index in [2.05, 4.69) is 47.9 Å². The highest BCUT2D eigenvalue weighted by atomic mass is 35.5. The van der Waals surface area contributed by atoms with Crippen molar-refractivity contribution in [2.24, 2.45) is 11.8 Å². The second kappa shape index (κ2) is 8.86. The number of nitrogens with one attached hydrogen (secondary N) is 1. The summed E-state index contributed by atoms with van der Waals surface area (Å²) in [6.45, 7) is 9.84. The molecule has 0 atom stereocenters. The maximum Gasteiger partial charge on any atom is 0.416 e. The smallest absolute Gasteiger partial charge is 0.393 e. The van der Waals surface area contributed by atoms with E-state index in [0.29, 0.717) is 17.7 Å². The van der Waals surface area contributed by atoms with Crippen molar-refractivity contribution in [2.75, 3.05) is 29.0 Å². The van der Waals surface area contributed by atoms with Gasteiger partial charge in [-0.2, -0.15) is 13.2 Å². The Morgan fingerprint density at radius 3 is 2.25 bits per heavy atom. The fraction of sp³-hybridized carbons (Fsp3) is 0.474. The summed E-state index contributed by atoms with van der Waals surface area (Å²) in [4.78, 5) is 10.5. The van der Waals surface area contributed by atoms with Gasteiger partial charge in [0.2, 0.25) is 0 Å². The lowest BCUT2D eigenvalue weighted by molar-refractivity contribution is -0.137. The number of nitrogen functional groups attached to an aromatic ring is 1. The van der Waals surface area contributed by atoms with Crippen molar-refractivity contribution in [2.45, 2.75) is 33.9 Å². The molecule has 0 aliphatic rings. The highest BCUT2D eigenvalue weighted by Crippen LogP contribution is 2.36. The molecular formula is C19H25ClF3N5. The summed E-state index contributed by atoms with van der Waals surface area (Å²) in [5.41, 5.74) is 5.79. The molecule has 28 heavy (non-hydrogen) atoms. The molecule has 2 rings (SSSR count). The zero-order chi connectivity index (χ0) is 21.1. The van der Waals surface area contributed by atoms with Crippen molar-refractivity contribution >= 4 is 34.6 Å². The maximum absolute atomic E-state index is 13.0. The Morgan fingerprint density at radius 2 is 1.71 bits per heavy atom. The molecule has 9 heteroatoms. The Morgan fingerprint density at radius 1 is 1.11 bits per heavy atom. The van der Waals surface area contributed by atoms with Crippen molar-refractivity contribution in [1.29, 1.82) is 0 Å². The third kappa shape index (κ3) is 5.64. The van der Waals surface area contributed by atoms with Gasteiger partial charge in [-0.15, -0.1) is 0 Å². The van der Waals surface area contributed by atoms with Gasteiger partial charge in [0.05, 0.1) is 16.3 Å². The van der Waals surface area contributed by atoms with Crippen molar-refractivity contribution in [3.05, 3.63) is 35.1 Å². The van der Waals surface area contributed by atoms with Gasteiger partial charge in [0.25, 0.3) is 0 Å². The van der Waals surface area contributed by atoms with Crippen LogP contribution in [-0.4, -0.2) is 23.1 Å². The SMILES string of the molecule is CC(C)CN(CC(C)C)c1ncnc(Nc2cc(C(F)(F)F)ccc2Cl)c1N. The number of benzene rings is 1.